The second-order valence-electron chi connectivity index (χ2n) is 4.87. The minimum Gasteiger partial charge on any atom is -0.387 e. The van der Waals surface area contributed by atoms with Gasteiger partial charge < -0.3 is 4.84 Å². The maximum absolute atomic E-state index is 5.61. The van der Waals surface area contributed by atoms with E-state index in [1.807, 2.05) is 0 Å². The summed E-state index contributed by atoms with van der Waals surface area (Å²) in [6.45, 7) is 5.24. The fourth-order valence-corrected chi connectivity index (χ4v) is 3.29. The predicted octanol–water partition coefficient (Wildman–Crippen LogP) is 2.49. The number of hydrogen-bond acceptors (Lipinski definition) is 4. The first kappa shape index (κ1) is 10.3. The smallest absolute Gasteiger partial charge is 0.156 e. The SMILES string of the molecule is CC1=NOC2(CCN(Cc3ccsc3)C2)C1. The summed E-state index contributed by atoms with van der Waals surface area (Å²) in [5, 5.41) is 8.46. The molecule has 0 bridgehead atoms. The van der Waals surface area contributed by atoms with E-state index in [9.17, 15) is 0 Å². The Balaban J connectivity index is 1.61. The Morgan fingerprint density at radius 3 is 3.25 bits per heavy atom. The Morgan fingerprint density at radius 2 is 2.56 bits per heavy atom. The van der Waals surface area contributed by atoms with E-state index in [2.05, 4.69) is 33.8 Å². The molecule has 0 amide bonds. The van der Waals surface area contributed by atoms with Crippen molar-refractivity contribution >= 4 is 17.0 Å². The Hall–Kier alpha value is -0.870. The van der Waals surface area contributed by atoms with Crippen LogP contribution >= 0.6 is 11.3 Å². The first-order valence-electron chi connectivity index (χ1n) is 5.71. The van der Waals surface area contributed by atoms with Crippen LogP contribution in [-0.4, -0.2) is 29.3 Å². The molecule has 16 heavy (non-hydrogen) atoms. The van der Waals surface area contributed by atoms with Crippen molar-refractivity contribution in [3.8, 4) is 0 Å². The standard InChI is InChI=1S/C12H16N2OS/c1-10-6-12(15-13-10)3-4-14(9-12)7-11-2-5-16-8-11/h2,5,8H,3-4,6-7,9H2,1H3. The summed E-state index contributed by atoms with van der Waals surface area (Å²) in [4.78, 5) is 8.08. The van der Waals surface area contributed by atoms with Gasteiger partial charge in [0.15, 0.2) is 5.60 Å². The molecule has 1 saturated heterocycles. The van der Waals surface area contributed by atoms with Crippen molar-refractivity contribution < 1.29 is 4.84 Å². The van der Waals surface area contributed by atoms with E-state index in [-0.39, 0.29) is 5.60 Å². The summed E-state index contributed by atoms with van der Waals surface area (Å²) >= 11 is 1.77. The van der Waals surface area contributed by atoms with Crippen molar-refractivity contribution in [3.05, 3.63) is 22.4 Å². The van der Waals surface area contributed by atoms with Gasteiger partial charge in [0.1, 0.15) is 0 Å². The molecule has 2 aliphatic heterocycles. The quantitative estimate of drug-likeness (QED) is 0.788. The van der Waals surface area contributed by atoms with Crippen molar-refractivity contribution in [3.63, 3.8) is 0 Å². The van der Waals surface area contributed by atoms with E-state index in [1.165, 1.54) is 5.56 Å². The Labute approximate surface area is 99.7 Å². The van der Waals surface area contributed by atoms with Crippen LogP contribution in [0.3, 0.4) is 0 Å². The molecule has 0 radical (unpaired) electrons. The average molecular weight is 236 g/mol. The molecule has 1 aromatic heterocycles. The normalized spacial score (nSPS) is 29.7. The van der Waals surface area contributed by atoms with E-state index in [4.69, 9.17) is 4.84 Å². The molecule has 1 unspecified atom stereocenters. The second-order valence-corrected chi connectivity index (χ2v) is 5.65. The molecular formula is C12H16N2OS. The third-order valence-corrected chi connectivity index (χ3v) is 4.09. The molecule has 4 heteroatoms. The van der Waals surface area contributed by atoms with Crippen LogP contribution in [0.15, 0.2) is 22.0 Å². The first-order chi connectivity index (χ1) is 7.76. The fraction of sp³-hybridized carbons (Fsp3) is 0.583. The zero-order valence-electron chi connectivity index (χ0n) is 9.48. The molecular weight excluding hydrogens is 220 g/mol. The van der Waals surface area contributed by atoms with Crippen molar-refractivity contribution in [1.29, 1.82) is 0 Å². The van der Waals surface area contributed by atoms with Gasteiger partial charge in [0.05, 0.1) is 5.71 Å². The molecule has 1 atom stereocenters. The van der Waals surface area contributed by atoms with Gasteiger partial charge in [0, 0.05) is 32.5 Å². The molecule has 3 nitrogen and oxygen atoms in total. The third-order valence-electron chi connectivity index (χ3n) is 3.35. The van der Waals surface area contributed by atoms with E-state index in [0.29, 0.717) is 0 Å². The largest absolute Gasteiger partial charge is 0.387 e. The highest BCUT2D eigenvalue weighted by atomic mass is 32.1. The van der Waals surface area contributed by atoms with Crippen molar-refractivity contribution in [2.45, 2.75) is 31.9 Å². The molecule has 0 saturated carbocycles. The van der Waals surface area contributed by atoms with Crippen molar-refractivity contribution in [2.24, 2.45) is 5.16 Å². The number of hydrogen-bond donors (Lipinski definition) is 0. The monoisotopic (exact) mass is 236 g/mol. The number of thiophene rings is 1. The van der Waals surface area contributed by atoms with Crippen LogP contribution in [0, 0.1) is 0 Å². The number of likely N-dealkylation sites (tertiary alicyclic amines) is 1. The summed E-state index contributed by atoms with van der Waals surface area (Å²) in [6, 6.07) is 2.20. The first-order valence-corrected chi connectivity index (χ1v) is 6.65. The molecule has 3 rings (SSSR count). The second kappa shape index (κ2) is 3.86. The topological polar surface area (TPSA) is 24.8 Å². The van der Waals surface area contributed by atoms with Crippen LogP contribution in [0.4, 0.5) is 0 Å². The highest BCUT2D eigenvalue weighted by Crippen LogP contribution is 2.34. The van der Waals surface area contributed by atoms with E-state index in [0.717, 1.165) is 38.2 Å². The van der Waals surface area contributed by atoms with E-state index < -0.39 is 0 Å². The third kappa shape index (κ3) is 1.87. The van der Waals surface area contributed by atoms with Gasteiger partial charge in [-0.3, -0.25) is 4.90 Å². The van der Waals surface area contributed by atoms with Crippen LogP contribution < -0.4 is 0 Å². The van der Waals surface area contributed by atoms with Crippen LogP contribution in [0.25, 0.3) is 0 Å². The summed E-state index contributed by atoms with van der Waals surface area (Å²) in [6.07, 6.45) is 2.12. The van der Waals surface area contributed by atoms with Gasteiger partial charge in [-0.05, 0) is 29.3 Å². The number of oxime groups is 1. The van der Waals surface area contributed by atoms with E-state index >= 15 is 0 Å². The molecule has 3 heterocycles. The van der Waals surface area contributed by atoms with E-state index in [1.54, 1.807) is 11.3 Å². The van der Waals surface area contributed by atoms with Crippen LogP contribution in [0.2, 0.25) is 0 Å². The summed E-state index contributed by atoms with van der Waals surface area (Å²) in [5.41, 5.74) is 2.55. The molecule has 2 aliphatic rings. The van der Waals surface area contributed by atoms with Crippen molar-refractivity contribution in [1.82, 2.24) is 4.90 Å². The molecule has 1 fully saturated rings. The maximum Gasteiger partial charge on any atom is 0.156 e. The zero-order valence-corrected chi connectivity index (χ0v) is 10.3. The minimum atomic E-state index is 0.000104. The van der Waals surface area contributed by atoms with Gasteiger partial charge in [-0.25, -0.2) is 0 Å². The molecule has 86 valence electrons. The van der Waals surface area contributed by atoms with Gasteiger partial charge in [-0.1, -0.05) is 5.16 Å². The number of rotatable bonds is 2. The molecule has 1 aromatic rings. The van der Waals surface area contributed by atoms with Crippen molar-refractivity contribution in [2.75, 3.05) is 13.1 Å². The van der Waals surface area contributed by atoms with Gasteiger partial charge in [-0.15, -0.1) is 0 Å². The van der Waals surface area contributed by atoms with Crippen LogP contribution in [0.5, 0.6) is 0 Å². The predicted molar refractivity (Wildman–Crippen MR) is 65.8 cm³/mol. The highest BCUT2D eigenvalue weighted by Gasteiger charge is 2.43. The lowest BCUT2D eigenvalue weighted by atomic mass is 9.97. The Morgan fingerprint density at radius 1 is 1.62 bits per heavy atom. The van der Waals surface area contributed by atoms with Gasteiger partial charge in [-0.2, -0.15) is 11.3 Å². The highest BCUT2D eigenvalue weighted by molar-refractivity contribution is 7.07. The summed E-state index contributed by atoms with van der Waals surface area (Å²) in [5.74, 6) is 0. The lowest BCUT2D eigenvalue weighted by molar-refractivity contribution is -0.0104. The summed E-state index contributed by atoms with van der Waals surface area (Å²) < 4.78 is 0. The lowest BCUT2D eigenvalue weighted by Crippen LogP contribution is -2.33. The van der Waals surface area contributed by atoms with Gasteiger partial charge in [0.25, 0.3) is 0 Å². The molecule has 0 aliphatic carbocycles. The molecule has 0 N–H and O–H groups in total. The number of nitrogens with zero attached hydrogens (tertiary/aromatic N) is 2. The maximum atomic E-state index is 5.61. The molecule has 1 spiro atoms. The fourth-order valence-electron chi connectivity index (χ4n) is 2.63. The zero-order chi connectivity index (χ0) is 11.0. The average Bonchev–Trinajstić information content (AvgIpc) is 2.93. The van der Waals surface area contributed by atoms with Gasteiger partial charge in [0.2, 0.25) is 0 Å². The van der Waals surface area contributed by atoms with Crippen LogP contribution in [-0.2, 0) is 11.4 Å². The van der Waals surface area contributed by atoms with Gasteiger partial charge >= 0.3 is 0 Å². The Bertz CT molecular complexity index is 401. The minimum absolute atomic E-state index is 0.000104. The summed E-state index contributed by atoms with van der Waals surface area (Å²) in [7, 11) is 0. The van der Waals surface area contributed by atoms with Crippen LogP contribution in [0.1, 0.15) is 25.3 Å². The molecule has 0 aromatic carbocycles. The lowest BCUT2D eigenvalue weighted by Gasteiger charge is -2.21. The Kier molecular flexibility index (Phi) is 2.48.